The van der Waals surface area contributed by atoms with Crippen LogP contribution in [0.25, 0.3) is 0 Å². The Bertz CT molecular complexity index is 119. The van der Waals surface area contributed by atoms with Gasteiger partial charge < -0.3 is 0 Å². The van der Waals surface area contributed by atoms with Crippen LogP contribution in [-0.4, -0.2) is 18.1 Å². The van der Waals surface area contributed by atoms with E-state index in [0.29, 0.717) is 0 Å². The highest BCUT2D eigenvalue weighted by atomic mass is 15.1. The third-order valence-corrected chi connectivity index (χ3v) is 1.03. The molecule has 0 aromatic rings. The van der Waals surface area contributed by atoms with Crippen molar-refractivity contribution in [2.75, 3.05) is 0 Å². The maximum Gasteiger partial charge on any atom is 0.143 e. The Labute approximate surface area is 49.3 Å². The van der Waals surface area contributed by atoms with Crippen LogP contribution in [0, 0.1) is 0 Å². The van der Waals surface area contributed by atoms with Crippen molar-refractivity contribution in [3.05, 3.63) is 0 Å². The molecule has 0 amide bonds. The minimum atomic E-state index is -0.182. The first kappa shape index (κ1) is 5.48. The van der Waals surface area contributed by atoms with Crippen LogP contribution < -0.4 is 0 Å². The Kier molecular flexibility index (Phi) is 1.16. The lowest BCUT2D eigenvalue weighted by atomic mass is 10.2. The topological polar surface area (TPSA) is 24.7 Å². The van der Waals surface area contributed by atoms with E-state index in [4.69, 9.17) is 0 Å². The molecule has 0 saturated heterocycles. The fourth-order valence-electron chi connectivity index (χ4n) is 0.633. The summed E-state index contributed by atoms with van der Waals surface area (Å²) in [6.07, 6.45) is 4.68. The molecule has 0 fully saturated rings. The first-order chi connectivity index (χ1) is 3.71. The molecule has 44 valence electrons. The Morgan fingerprint density at radius 3 is 2.00 bits per heavy atom. The average molecular weight is 110 g/mol. The molecular weight excluding hydrogens is 100 g/mol. The van der Waals surface area contributed by atoms with E-state index in [9.17, 15) is 0 Å². The van der Waals surface area contributed by atoms with Crippen molar-refractivity contribution in [3.8, 4) is 0 Å². The fraction of sp³-hybridized carbons (Fsp3) is 0.667. The van der Waals surface area contributed by atoms with Gasteiger partial charge in [0.2, 0.25) is 0 Å². The number of rotatable bonds is 0. The summed E-state index contributed by atoms with van der Waals surface area (Å²) in [5, 5.41) is 0. The highest BCUT2D eigenvalue weighted by Gasteiger charge is 2.11. The molecule has 0 atom stereocenters. The molecule has 0 N–H and O–H groups in total. The molecule has 0 aromatic carbocycles. The summed E-state index contributed by atoms with van der Waals surface area (Å²) in [6.45, 7) is 3.97. The van der Waals surface area contributed by atoms with Gasteiger partial charge in [0.25, 0.3) is 0 Å². The molecule has 0 spiro atoms. The minimum absolute atomic E-state index is 0.182. The van der Waals surface area contributed by atoms with E-state index in [1.165, 1.54) is 0 Å². The van der Waals surface area contributed by atoms with Crippen LogP contribution in [0.5, 0.6) is 0 Å². The number of nitrogens with zero attached hydrogens (tertiary/aromatic N) is 2. The van der Waals surface area contributed by atoms with E-state index >= 15 is 0 Å². The second kappa shape index (κ2) is 1.69. The lowest BCUT2D eigenvalue weighted by molar-refractivity contribution is 0.553. The maximum absolute atomic E-state index is 4.14. The van der Waals surface area contributed by atoms with Crippen molar-refractivity contribution in [1.29, 1.82) is 0 Å². The van der Waals surface area contributed by atoms with Gasteiger partial charge in [0.05, 0.1) is 0 Å². The number of hydrogen-bond donors (Lipinski definition) is 0. The molecule has 2 heteroatoms. The Morgan fingerprint density at radius 2 is 1.75 bits per heavy atom. The predicted molar refractivity (Wildman–Crippen MR) is 35.7 cm³/mol. The molecule has 0 bridgehead atoms. The van der Waals surface area contributed by atoms with Crippen LogP contribution in [-0.2, 0) is 0 Å². The van der Waals surface area contributed by atoms with Gasteiger partial charge in [-0.2, -0.15) is 0 Å². The lowest BCUT2D eigenvalue weighted by Gasteiger charge is -2.15. The minimum Gasteiger partial charge on any atom is -0.268 e. The summed E-state index contributed by atoms with van der Waals surface area (Å²) in [6, 6.07) is 0. The quantitative estimate of drug-likeness (QED) is 0.448. The van der Waals surface area contributed by atoms with Gasteiger partial charge in [-0.3, -0.25) is 9.98 Å². The third kappa shape index (κ3) is 1.15. The van der Waals surface area contributed by atoms with E-state index in [0.717, 1.165) is 6.42 Å². The van der Waals surface area contributed by atoms with Gasteiger partial charge in [0.1, 0.15) is 5.66 Å². The second-order valence-corrected chi connectivity index (χ2v) is 2.35. The molecular formula is C6H10N2. The normalized spacial score (nSPS) is 23.8. The van der Waals surface area contributed by atoms with Crippen molar-refractivity contribution in [1.82, 2.24) is 0 Å². The van der Waals surface area contributed by atoms with Gasteiger partial charge in [-0.15, -0.1) is 0 Å². The van der Waals surface area contributed by atoms with Crippen LogP contribution in [0.2, 0.25) is 0 Å². The lowest BCUT2D eigenvalue weighted by Crippen LogP contribution is -2.16. The summed E-state index contributed by atoms with van der Waals surface area (Å²) in [4.78, 5) is 8.28. The van der Waals surface area contributed by atoms with Gasteiger partial charge in [-0.1, -0.05) is 0 Å². The Balaban J connectivity index is 2.69. The zero-order valence-electron chi connectivity index (χ0n) is 5.26. The molecule has 0 aliphatic carbocycles. The maximum atomic E-state index is 4.14. The Morgan fingerprint density at radius 1 is 1.25 bits per heavy atom. The molecule has 1 aliphatic heterocycles. The van der Waals surface area contributed by atoms with Crippen molar-refractivity contribution < 1.29 is 0 Å². The van der Waals surface area contributed by atoms with Gasteiger partial charge in [-0.05, 0) is 13.8 Å². The van der Waals surface area contributed by atoms with E-state index in [2.05, 4.69) is 9.98 Å². The molecule has 0 radical (unpaired) electrons. The summed E-state index contributed by atoms with van der Waals surface area (Å²) >= 11 is 0. The predicted octanol–water partition coefficient (Wildman–Crippen LogP) is 1.27. The molecule has 8 heavy (non-hydrogen) atoms. The average Bonchev–Trinajstić information content (AvgIpc) is 1.65. The van der Waals surface area contributed by atoms with E-state index in [1.807, 2.05) is 26.3 Å². The SMILES string of the molecule is CC1(C)N=CCC=N1. The van der Waals surface area contributed by atoms with Crippen LogP contribution in [0.4, 0.5) is 0 Å². The molecule has 0 saturated carbocycles. The molecule has 1 rings (SSSR count). The van der Waals surface area contributed by atoms with Gasteiger partial charge in [-0.25, -0.2) is 0 Å². The smallest absolute Gasteiger partial charge is 0.143 e. The summed E-state index contributed by atoms with van der Waals surface area (Å²) < 4.78 is 0. The summed E-state index contributed by atoms with van der Waals surface area (Å²) in [5.41, 5.74) is -0.182. The molecule has 0 unspecified atom stereocenters. The van der Waals surface area contributed by atoms with Crippen LogP contribution >= 0.6 is 0 Å². The van der Waals surface area contributed by atoms with Gasteiger partial charge in [0.15, 0.2) is 0 Å². The highest BCUT2D eigenvalue weighted by Crippen LogP contribution is 2.11. The second-order valence-electron chi connectivity index (χ2n) is 2.35. The van der Waals surface area contributed by atoms with Gasteiger partial charge in [0, 0.05) is 18.9 Å². The van der Waals surface area contributed by atoms with E-state index < -0.39 is 0 Å². The number of aliphatic imine (C=N–C) groups is 2. The number of hydrogen-bond acceptors (Lipinski definition) is 2. The largest absolute Gasteiger partial charge is 0.268 e. The monoisotopic (exact) mass is 110 g/mol. The highest BCUT2D eigenvalue weighted by molar-refractivity contribution is 5.81. The van der Waals surface area contributed by atoms with Crippen molar-refractivity contribution >= 4 is 12.4 Å². The summed E-state index contributed by atoms with van der Waals surface area (Å²) in [5.74, 6) is 0. The molecule has 1 heterocycles. The van der Waals surface area contributed by atoms with Crippen molar-refractivity contribution in [2.45, 2.75) is 25.9 Å². The van der Waals surface area contributed by atoms with Crippen molar-refractivity contribution in [2.24, 2.45) is 9.98 Å². The first-order valence-electron chi connectivity index (χ1n) is 2.78. The van der Waals surface area contributed by atoms with E-state index in [-0.39, 0.29) is 5.66 Å². The van der Waals surface area contributed by atoms with Crippen LogP contribution in [0.3, 0.4) is 0 Å². The van der Waals surface area contributed by atoms with Crippen LogP contribution in [0.1, 0.15) is 20.3 Å². The summed E-state index contributed by atoms with van der Waals surface area (Å²) in [7, 11) is 0. The zero-order valence-corrected chi connectivity index (χ0v) is 5.26. The molecule has 2 nitrogen and oxygen atoms in total. The molecule has 1 aliphatic rings. The van der Waals surface area contributed by atoms with E-state index in [1.54, 1.807) is 0 Å². The zero-order chi connectivity index (χ0) is 6.04. The first-order valence-corrected chi connectivity index (χ1v) is 2.78. The third-order valence-electron chi connectivity index (χ3n) is 1.03. The van der Waals surface area contributed by atoms with Crippen LogP contribution in [0.15, 0.2) is 9.98 Å². The standard InChI is InChI=1S/C6H10N2/c1-6(2)7-4-3-5-8-6/h4-5H,3H2,1-2H3. The van der Waals surface area contributed by atoms with Gasteiger partial charge >= 0.3 is 0 Å². The fourth-order valence-corrected chi connectivity index (χ4v) is 0.633. The Hall–Kier alpha value is -0.660. The molecule has 0 aromatic heterocycles. The van der Waals surface area contributed by atoms with Crippen molar-refractivity contribution in [3.63, 3.8) is 0 Å².